The summed E-state index contributed by atoms with van der Waals surface area (Å²) in [7, 11) is 0. The molecule has 5 nitrogen and oxygen atoms in total. The number of hydrogen-bond donors (Lipinski definition) is 0. The molecule has 0 bridgehead atoms. The number of carbonyl (C=O) groups excluding carboxylic acids is 1. The molecule has 1 fully saturated rings. The average Bonchev–Trinajstić information content (AvgIpc) is 2.74. The molecule has 3 rings (SSSR count). The summed E-state index contributed by atoms with van der Waals surface area (Å²) in [6.45, 7) is 4.67. The van der Waals surface area contributed by atoms with Crippen molar-refractivity contribution in [3.05, 3.63) is 46.5 Å². The first-order valence-corrected chi connectivity index (χ1v) is 7.06. The van der Waals surface area contributed by atoms with E-state index in [-0.39, 0.29) is 12.0 Å². The zero-order valence-corrected chi connectivity index (χ0v) is 12.6. The summed E-state index contributed by atoms with van der Waals surface area (Å²) >= 11 is 5.99. The molecular weight excluding hydrogens is 292 g/mol. The summed E-state index contributed by atoms with van der Waals surface area (Å²) in [6.07, 6.45) is 1.55. The van der Waals surface area contributed by atoms with Gasteiger partial charge in [-0.3, -0.25) is 4.79 Å². The lowest BCUT2D eigenvalue weighted by Gasteiger charge is -2.38. The van der Waals surface area contributed by atoms with Crippen LogP contribution in [0.25, 0.3) is 0 Å². The SMILES string of the molecule is Cc1cc(C(=O)N2CC(Oc3ncccc3Cl)C2)c(C)o1. The van der Waals surface area contributed by atoms with Gasteiger partial charge in [-0.25, -0.2) is 4.98 Å². The van der Waals surface area contributed by atoms with Crippen molar-refractivity contribution in [2.45, 2.75) is 20.0 Å². The Labute approximate surface area is 127 Å². The predicted molar refractivity (Wildman–Crippen MR) is 77.7 cm³/mol. The van der Waals surface area contributed by atoms with E-state index >= 15 is 0 Å². The summed E-state index contributed by atoms with van der Waals surface area (Å²) in [5.41, 5.74) is 0.613. The first kappa shape index (κ1) is 13.9. The van der Waals surface area contributed by atoms with Crippen LogP contribution >= 0.6 is 11.6 Å². The molecule has 0 atom stereocenters. The van der Waals surface area contributed by atoms with Gasteiger partial charge in [0.25, 0.3) is 5.91 Å². The fraction of sp³-hybridized carbons (Fsp3) is 0.333. The van der Waals surface area contributed by atoms with Gasteiger partial charge in [-0.1, -0.05) is 11.6 Å². The molecule has 0 aromatic carbocycles. The van der Waals surface area contributed by atoms with E-state index in [9.17, 15) is 4.79 Å². The van der Waals surface area contributed by atoms with E-state index in [1.54, 1.807) is 36.2 Å². The van der Waals surface area contributed by atoms with E-state index < -0.39 is 0 Å². The van der Waals surface area contributed by atoms with Crippen LogP contribution in [0.4, 0.5) is 0 Å². The molecule has 2 aromatic heterocycles. The number of likely N-dealkylation sites (tertiary alicyclic amines) is 1. The number of furan rings is 1. The third-order valence-corrected chi connectivity index (χ3v) is 3.70. The number of halogens is 1. The van der Waals surface area contributed by atoms with Crippen LogP contribution in [0.3, 0.4) is 0 Å². The molecule has 0 unspecified atom stereocenters. The number of ether oxygens (including phenoxy) is 1. The van der Waals surface area contributed by atoms with Crippen molar-refractivity contribution in [1.82, 2.24) is 9.88 Å². The molecule has 0 saturated carbocycles. The van der Waals surface area contributed by atoms with Gasteiger partial charge in [0.2, 0.25) is 5.88 Å². The van der Waals surface area contributed by atoms with E-state index in [4.69, 9.17) is 20.8 Å². The predicted octanol–water partition coefficient (Wildman–Crippen LogP) is 2.85. The van der Waals surface area contributed by atoms with Crippen LogP contribution in [0, 0.1) is 13.8 Å². The zero-order chi connectivity index (χ0) is 15.0. The Morgan fingerprint density at radius 3 is 2.86 bits per heavy atom. The Balaban J connectivity index is 1.60. The van der Waals surface area contributed by atoms with Gasteiger partial charge >= 0.3 is 0 Å². The van der Waals surface area contributed by atoms with E-state index in [0.717, 1.165) is 5.76 Å². The summed E-state index contributed by atoms with van der Waals surface area (Å²) in [5.74, 6) is 1.77. The van der Waals surface area contributed by atoms with Gasteiger partial charge in [-0.2, -0.15) is 0 Å². The summed E-state index contributed by atoms with van der Waals surface area (Å²) in [5, 5.41) is 0.476. The molecule has 3 heterocycles. The van der Waals surface area contributed by atoms with Gasteiger partial charge in [0.1, 0.15) is 22.6 Å². The standard InChI is InChI=1S/C15H15ClN2O3/c1-9-6-12(10(2)20-9)15(19)18-7-11(8-18)21-14-13(16)4-3-5-17-14/h3-6,11H,7-8H2,1-2H3. The van der Waals surface area contributed by atoms with Gasteiger partial charge in [0.05, 0.1) is 18.7 Å². The second-order valence-corrected chi connectivity index (χ2v) is 5.47. The number of amides is 1. The van der Waals surface area contributed by atoms with Crippen molar-refractivity contribution in [3.63, 3.8) is 0 Å². The maximum atomic E-state index is 12.3. The van der Waals surface area contributed by atoms with Crippen molar-refractivity contribution < 1.29 is 13.9 Å². The minimum Gasteiger partial charge on any atom is -0.470 e. The van der Waals surface area contributed by atoms with Crippen molar-refractivity contribution in [3.8, 4) is 5.88 Å². The second-order valence-electron chi connectivity index (χ2n) is 5.07. The number of pyridine rings is 1. The highest BCUT2D eigenvalue weighted by molar-refractivity contribution is 6.31. The Morgan fingerprint density at radius 1 is 1.48 bits per heavy atom. The molecule has 21 heavy (non-hydrogen) atoms. The van der Waals surface area contributed by atoms with E-state index in [1.165, 1.54) is 0 Å². The molecule has 1 amide bonds. The Hall–Kier alpha value is -2.01. The first-order chi connectivity index (χ1) is 10.0. The van der Waals surface area contributed by atoms with Crippen molar-refractivity contribution in [2.24, 2.45) is 0 Å². The maximum absolute atomic E-state index is 12.3. The molecular formula is C15H15ClN2O3. The van der Waals surface area contributed by atoms with E-state index in [0.29, 0.717) is 35.3 Å². The molecule has 6 heteroatoms. The summed E-state index contributed by atoms with van der Waals surface area (Å²) < 4.78 is 11.1. The maximum Gasteiger partial charge on any atom is 0.257 e. The lowest BCUT2D eigenvalue weighted by Crippen LogP contribution is -2.56. The third kappa shape index (κ3) is 2.74. The van der Waals surface area contributed by atoms with Gasteiger partial charge in [0.15, 0.2) is 0 Å². The first-order valence-electron chi connectivity index (χ1n) is 6.68. The minimum atomic E-state index is -0.0744. The molecule has 110 valence electrons. The summed E-state index contributed by atoms with van der Waals surface area (Å²) in [6, 6.07) is 5.24. The van der Waals surface area contributed by atoms with Crippen LogP contribution in [-0.4, -0.2) is 35.0 Å². The average molecular weight is 307 g/mol. The van der Waals surface area contributed by atoms with Gasteiger partial charge in [-0.05, 0) is 32.0 Å². The van der Waals surface area contributed by atoms with Gasteiger partial charge in [-0.15, -0.1) is 0 Å². The van der Waals surface area contributed by atoms with Crippen LogP contribution in [0.15, 0.2) is 28.8 Å². The number of rotatable bonds is 3. The molecule has 0 spiro atoms. The van der Waals surface area contributed by atoms with Crippen molar-refractivity contribution in [1.29, 1.82) is 0 Å². The summed E-state index contributed by atoms with van der Waals surface area (Å²) in [4.78, 5) is 18.1. The highest BCUT2D eigenvalue weighted by atomic mass is 35.5. The molecule has 0 N–H and O–H groups in total. The molecule has 1 saturated heterocycles. The highest BCUT2D eigenvalue weighted by Crippen LogP contribution is 2.25. The number of aromatic nitrogens is 1. The van der Waals surface area contributed by atoms with Crippen LogP contribution < -0.4 is 4.74 Å². The van der Waals surface area contributed by atoms with Crippen LogP contribution in [0.5, 0.6) is 5.88 Å². The Kier molecular flexibility index (Phi) is 3.59. The largest absolute Gasteiger partial charge is 0.470 e. The Bertz CT molecular complexity index is 677. The molecule has 1 aliphatic heterocycles. The zero-order valence-electron chi connectivity index (χ0n) is 11.8. The number of nitrogens with zero attached hydrogens (tertiary/aromatic N) is 2. The Morgan fingerprint density at radius 2 is 2.24 bits per heavy atom. The monoisotopic (exact) mass is 306 g/mol. The molecule has 2 aromatic rings. The van der Waals surface area contributed by atoms with E-state index in [1.807, 2.05) is 6.92 Å². The minimum absolute atomic E-state index is 0.0312. The highest BCUT2D eigenvalue weighted by Gasteiger charge is 2.34. The smallest absolute Gasteiger partial charge is 0.257 e. The van der Waals surface area contributed by atoms with Gasteiger partial charge < -0.3 is 14.1 Å². The van der Waals surface area contributed by atoms with Crippen LogP contribution in [-0.2, 0) is 0 Å². The van der Waals surface area contributed by atoms with Crippen molar-refractivity contribution in [2.75, 3.05) is 13.1 Å². The van der Waals surface area contributed by atoms with Crippen LogP contribution in [0.1, 0.15) is 21.9 Å². The van der Waals surface area contributed by atoms with E-state index in [2.05, 4.69) is 4.98 Å². The second kappa shape index (κ2) is 5.41. The molecule has 1 aliphatic rings. The quantitative estimate of drug-likeness (QED) is 0.875. The third-order valence-electron chi connectivity index (χ3n) is 3.41. The number of aryl methyl sites for hydroxylation is 2. The van der Waals surface area contributed by atoms with Crippen LogP contribution in [0.2, 0.25) is 5.02 Å². The molecule has 0 aliphatic carbocycles. The number of hydrogen-bond acceptors (Lipinski definition) is 4. The normalized spacial score (nSPS) is 14.9. The molecule has 0 radical (unpaired) electrons. The lowest BCUT2D eigenvalue weighted by atomic mass is 10.1. The van der Waals surface area contributed by atoms with Gasteiger partial charge in [0, 0.05) is 6.20 Å². The topological polar surface area (TPSA) is 55.6 Å². The fourth-order valence-corrected chi connectivity index (χ4v) is 2.47. The lowest BCUT2D eigenvalue weighted by molar-refractivity contribution is 0.0159. The fourth-order valence-electron chi connectivity index (χ4n) is 2.31. The van der Waals surface area contributed by atoms with Crippen molar-refractivity contribution >= 4 is 17.5 Å². The number of carbonyl (C=O) groups is 1.